The first-order chi connectivity index (χ1) is 10.2. The third-order valence-electron chi connectivity index (χ3n) is 3.03. The number of aromatic nitrogens is 2. The lowest BCUT2D eigenvalue weighted by atomic mass is 10.1. The molecule has 0 saturated heterocycles. The van der Waals surface area contributed by atoms with Crippen LogP contribution in [0.5, 0.6) is 0 Å². The summed E-state index contributed by atoms with van der Waals surface area (Å²) in [5.74, 6) is 0. The lowest BCUT2D eigenvalue weighted by Crippen LogP contribution is -1.89. The van der Waals surface area contributed by atoms with Crippen LogP contribution < -0.4 is 4.72 Å². The van der Waals surface area contributed by atoms with Crippen LogP contribution in [0.3, 0.4) is 0 Å². The second kappa shape index (κ2) is 5.60. The summed E-state index contributed by atoms with van der Waals surface area (Å²) in [6.45, 7) is 1.98. The number of aldehydes is 1. The first-order valence-corrected chi connectivity index (χ1v) is 7.71. The molecule has 0 atom stereocenters. The number of carbonyl (C=O) groups excluding carboxylic acids is 1. The third kappa shape index (κ3) is 2.51. The van der Waals surface area contributed by atoms with E-state index in [4.69, 9.17) is 5.26 Å². The van der Waals surface area contributed by atoms with Gasteiger partial charge in [0.15, 0.2) is 10.6 Å². The van der Waals surface area contributed by atoms with Crippen molar-refractivity contribution in [2.24, 2.45) is 0 Å². The molecule has 2 N–H and O–H groups in total. The van der Waals surface area contributed by atoms with Crippen molar-refractivity contribution >= 4 is 46.2 Å². The predicted molar refractivity (Wildman–Crippen MR) is 84.7 cm³/mol. The smallest absolute Gasteiger partial charge is 0.171 e. The van der Waals surface area contributed by atoms with E-state index in [0.29, 0.717) is 10.4 Å². The molecule has 0 unspecified atom stereocenters. The number of nitriles is 1. The molecule has 7 heteroatoms. The zero-order valence-electron chi connectivity index (χ0n) is 11.0. The van der Waals surface area contributed by atoms with Crippen molar-refractivity contribution in [3.05, 3.63) is 40.5 Å². The summed E-state index contributed by atoms with van der Waals surface area (Å²) < 4.78 is 3.98. The number of rotatable bonds is 4. The number of benzene rings is 1. The number of aromatic amines is 1. The normalized spacial score (nSPS) is 10.5. The topological polar surface area (TPSA) is 81.6 Å². The van der Waals surface area contributed by atoms with Gasteiger partial charge in [-0.3, -0.25) is 4.79 Å². The van der Waals surface area contributed by atoms with Crippen LogP contribution >= 0.6 is 23.3 Å². The van der Waals surface area contributed by atoms with E-state index in [1.165, 1.54) is 23.3 Å². The lowest BCUT2D eigenvalue weighted by molar-refractivity contribution is 0.112. The number of hydrogen-bond donors (Lipinski definition) is 2. The maximum Gasteiger partial charge on any atom is 0.171 e. The second-order valence-corrected chi connectivity index (χ2v) is 6.46. The van der Waals surface area contributed by atoms with Gasteiger partial charge in [-0.25, -0.2) is 4.98 Å². The number of thiazole rings is 1. The summed E-state index contributed by atoms with van der Waals surface area (Å²) >= 11 is 2.67. The van der Waals surface area contributed by atoms with Crippen molar-refractivity contribution in [1.29, 1.82) is 5.26 Å². The fourth-order valence-electron chi connectivity index (χ4n) is 2.06. The predicted octanol–water partition coefficient (Wildman–Crippen LogP) is 3.74. The number of anilines is 1. The maximum atomic E-state index is 10.6. The number of aryl methyl sites for hydroxylation is 1. The van der Waals surface area contributed by atoms with E-state index in [1.54, 1.807) is 12.4 Å². The van der Waals surface area contributed by atoms with Gasteiger partial charge in [-0.15, -0.1) is 11.3 Å². The SMILES string of the molecule is Cc1ccc(NSc2ncc(C=O)s2)c2[nH]cc(C#N)c12. The van der Waals surface area contributed by atoms with Gasteiger partial charge in [0.25, 0.3) is 0 Å². The van der Waals surface area contributed by atoms with Crippen molar-refractivity contribution < 1.29 is 4.79 Å². The zero-order valence-corrected chi connectivity index (χ0v) is 12.6. The highest BCUT2D eigenvalue weighted by atomic mass is 32.2. The largest absolute Gasteiger partial charge is 0.358 e. The molecule has 3 aromatic rings. The summed E-state index contributed by atoms with van der Waals surface area (Å²) in [4.78, 5) is 18.5. The van der Waals surface area contributed by atoms with Crippen molar-refractivity contribution in [2.45, 2.75) is 11.3 Å². The van der Waals surface area contributed by atoms with Crippen molar-refractivity contribution in [3.63, 3.8) is 0 Å². The van der Waals surface area contributed by atoms with Gasteiger partial charge in [0.05, 0.1) is 21.6 Å². The Morgan fingerprint density at radius 2 is 2.38 bits per heavy atom. The van der Waals surface area contributed by atoms with Crippen LogP contribution in [0.1, 0.15) is 20.8 Å². The molecule has 2 heterocycles. The Morgan fingerprint density at radius 3 is 3.10 bits per heavy atom. The minimum absolute atomic E-state index is 0.597. The average molecular weight is 314 g/mol. The average Bonchev–Trinajstić information content (AvgIpc) is 3.13. The Labute approximate surface area is 129 Å². The Bertz CT molecular complexity index is 860. The van der Waals surface area contributed by atoms with Crippen LogP contribution in [0.4, 0.5) is 5.69 Å². The molecule has 5 nitrogen and oxygen atoms in total. The van der Waals surface area contributed by atoms with Crippen LogP contribution in [-0.4, -0.2) is 16.3 Å². The molecule has 1 aromatic carbocycles. The van der Waals surface area contributed by atoms with Crippen LogP contribution in [0.25, 0.3) is 10.9 Å². The third-order valence-corrected chi connectivity index (χ3v) is 4.85. The molecule has 0 radical (unpaired) electrons. The molecule has 0 saturated carbocycles. The first-order valence-electron chi connectivity index (χ1n) is 6.07. The Balaban J connectivity index is 1.91. The quantitative estimate of drug-likeness (QED) is 0.566. The summed E-state index contributed by atoms with van der Waals surface area (Å²) in [5.41, 5.74) is 3.46. The highest BCUT2D eigenvalue weighted by Crippen LogP contribution is 2.32. The van der Waals surface area contributed by atoms with Crippen molar-refractivity contribution in [3.8, 4) is 6.07 Å². The minimum Gasteiger partial charge on any atom is -0.358 e. The van der Waals surface area contributed by atoms with E-state index < -0.39 is 0 Å². The van der Waals surface area contributed by atoms with Crippen LogP contribution in [-0.2, 0) is 0 Å². The number of nitrogens with one attached hydrogen (secondary N) is 2. The molecular weight excluding hydrogens is 304 g/mol. The minimum atomic E-state index is 0.597. The van der Waals surface area contributed by atoms with Gasteiger partial charge in [0.2, 0.25) is 0 Å². The van der Waals surface area contributed by atoms with Gasteiger partial charge in [-0.1, -0.05) is 6.07 Å². The molecule has 0 aliphatic heterocycles. The van der Waals surface area contributed by atoms with Gasteiger partial charge in [-0.05, 0) is 18.6 Å². The zero-order chi connectivity index (χ0) is 14.8. The summed E-state index contributed by atoms with van der Waals surface area (Å²) in [7, 11) is 0. The Kier molecular flexibility index (Phi) is 3.64. The Hall–Kier alpha value is -2.30. The van der Waals surface area contributed by atoms with Crippen LogP contribution in [0.2, 0.25) is 0 Å². The van der Waals surface area contributed by atoms with Crippen LogP contribution in [0, 0.1) is 18.3 Å². The molecule has 0 bridgehead atoms. The monoisotopic (exact) mass is 314 g/mol. The Morgan fingerprint density at radius 1 is 1.52 bits per heavy atom. The number of fused-ring (bicyclic) bond motifs is 1. The molecule has 21 heavy (non-hydrogen) atoms. The molecule has 2 aromatic heterocycles. The van der Waals surface area contributed by atoms with E-state index in [-0.39, 0.29) is 0 Å². The van der Waals surface area contributed by atoms with Crippen LogP contribution in [0.15, 0.2) is 28.9 Å². The second-order valence-electron chi connectivity index (χ2n) is 4.34. The number of H-pyrrole nitrogens is 1. The summed E-state index contributed by atoms with van der Waals surface area (Å²) in [5, 5.41) is 10.1. The standard InChI is InChI=1S/C14H10N4OS2/c1-8-2-3-11(13-12(8)9(4-15)5-16-13)18-21-14-17-6-10(7-19)20-14/h2-3,5-7,16,18H,1H3. The van der Waals surface area contributed by atoms with E-state index in [2.05, 4.69) is 20.8 Å². The molecule has 104 valence electrons. The van der Waals surface area contributed by atoms with Crippen molar-refractivity contribution in [2.75, 3.05) is 4.72 Å². The highest BCUT2D eigenvalue weighted by Gasteiger charge is 2.11. The van der Waals surface area contributed by atoms with Crippen molar-refractivity contribution in [1.82, 2.24) is 9.97 Å². The van der Waals surface area contributed by atoms with Gasteiger partial charge in [-0.2, -0.15) is 5.26 Å². The van der Waals surface area contributed by atoms with Gasteiger partial charge < -0.3 is 9.71 Å². The van der Waals surface area contributed by atoms with E-state index >= 15 is 0 Å². The molecular formula is C14H10N4OS2. The summed E-state index contributed by atoms with van der Waals surface area (Å²) in [6, 6.07) is 6.11. The van der Waals surface area contributed by atoms with E-state index in [0.717, 1.165) is 32.8 Å². The van der Waals surface area contributed by atoms with Gasteiger partial charge in [0, 0.05) is 29.7 Å². The fraction of sp³-hybridized carbons (Fsp3) is 0.0714. The molecule has 0 spiro atoms. The number of carbonyl (C=O) groups is 1. The summed E-state index contributed by atoms with van der Waals surface area (Å²) in [6.07, 6.45) is 4.05. The lowest BCUT2D eigenvalue weighted by Gasteiger charge is -2.06. The molecule has 0 amide bonds. The fourth-order valence-corrected chi connectivity index (χ4v) is 3.58. The first kappa shape index (κ1) is 13.7. The van der Waals surface area contributed by atoms with E-state index in [9.17, 15) is 4.79 Å². The van der Waals surface area contributed by atoms with E-state index in [1.807, 2.05) is 19.1 Å². The molecule has 0 fully saturated rings. The maximum absolute atomic E-state index is 10.6. The molecule has 0 aliphatic rings. The molecule has 0 aliphatic carbocycles. The highest BCUT2D eigenvalue weighted by molar-refractivity contribution is 8.02. The van der Waals surface area contributed by atoms with Gasteiger partial charge >= 0.3 is 0 Å². The number of hydrogen-bond acceptors (Lipinski definition) is 6. The van der Waals surface area contributed by atoms with Gasteiger partial charge in [0.1, 0.15) is 6.07 Å². The number of nitrogens with zero attached hydrogens (tertiary/aromatic N) is 2. The molecule has 3 rings (SSSR count).